The second-order valence-electron chi connectivity index (χ2n) is 3.82. The molecule has 1 unspecified atom stereocenters. The quantitative estimate of drug-likeness (QED) is 0.915. The second-order valence-corrected chi connectivity index (χ2v) is 4.61. The Labute approximate surface area is 115 Å². The molecule has 0 aliphatic carbocycles. The van der Waals surface area contributed by atoms with E-state index in [1.807, 2.05) is 6.07 Å². The van der Waals surface area contributed by atoms with Gasteiger partial charge < -0.3 is 5.11 Å². The molecule has 92 valence electrons. The third-order valence-corrected chi connectivity index (χ3v) is 3.51. The summed E-state index contributed by atoms with van der Waals surface area (Å²) in [6.45, 7) is 0. The fourth-order valence-electron chi connectivity index (χ4n) is 1.84. The predicted octanol–water partition coefficient (Wildman–Crippen LogP) is 4.21. The van der Waals surface area contributed by atoms with Crippen LogP contribution in [-0.2, 0) is 4.79 Å². The van der Waals surface area contributed by atoms with Crippen LogP contribution in [0.3, 0.4) is 0 Å². The van der Waals surface area contributed by atoms with Crippen molar-refractivity contribution in [2.75, 3.05) is 0 Å². The van der Waals surface area contributed by atoms with Gasteiger partial charge in [-0.3, -0.25) is 4.79 Å². The number of carboxylic acids is 1. The third-order valence-electron chi connectivity index (χ3n) is 2.67. The smallest absolute Gasteiger partial charge is 0.315 e. The Kier molecular flexibility index (Phi) is 3.90. The zero-order valence-corrected chi connectivity index (χ0v) is 10.8. The molecule has 0 amide bonds. The van der Waals surface area contributed by atoms with Crippen molar-refractivity contribution >= 4 is 29.2 Å². The van der Waals surface area contributed by atoms with E-state index >= 15 is 0 Å². The maximum Gasteiger partial charge on any atom is 0.315 e. The van der Waals surface area contributed by atoms with Gasteiger partial charge in [-0.2, -0.15) is 0 Å². The molecule has 0 heterocycles. The Morgan fingerprint density at radius 1 is 1.00 bits per heavy atom. The predicted molar refractivity (Wildman–Crippen MR) is 72.4 cm³/mol. The summed E-state index contributed by atoms with van der Waals surface area (Å²) in [4.78, 5) is 11.5. The van der Waals surface area contributed by atoms with Gasteiger partial charge in [0.2, 0.25) is 0 Å². The summed E-state index contributed by atoms with van der Waals surface area (Å²) in [5.41, 5.74) is 1.18. The molecule has 0 bridgehead atoms. The van der Waals surface area contributed by atoms with Gasteiger partial charge in [0.25, 0.3) is 0 Å². The molecule has 2 rings (SSSR count). The fourth-order valence-corrected chi connectivity index (χ4v) is 2.26. The van der Waals surface area contributed by atoms with Crippen LogP contribution < -0.4 is 0 Å². The van der Waals surface area contributed by atoms with Crippen molar-refractivity contribution in [2.45, 2.75) is 5.92 Å². The molecular weight excluding hydrogens is 271 g/mol. The molecule has 0 radical (unpaired) electrons. The zero-order chi connectivity index (χ0) is 13.1. The van der Waals surface area contributed by atoms with Crippen molar-refractivity contribution in [3.63, 3.8) is 0 Å². The number of hydrogen-bond acceptors (Lipinski definition) is 1. The van der Waals surface area contributed by atoms with Crippen molar-refractivity contribution in [3.8, 4) is 0 Å². The summed E-state index contributed by atoms with van der Waals surface area (Å²) in [6.07, 6.45) is 0. The molecule has 0 fully saturated rings. The van der Waals surface area contributed by atoms with E-state index in [0.717, 1.165) is 0 Å². The molecule has 0 saturated carbocycles. The molecule has 18 heavy (non-hydrogen) atoms. The summed E-state index contributed by atoms with van der Waals surface area (Å²) in [7, 11) is 0. The number of halogens is 2. The summed E-state index contributed by atoms with van der Waals surface area (Å²) < 4.78 is 0. The fraction of sp³-hybridized carbons (Fsp3) is 0.0714. The van der Waals surface area contributed by atoms with E-state index < -0.39 is 11.9 Å². The Bertz CT molecular complexity index is 567. The molecule has 0 aliphatic rings. The molecule has 0 saturated heterocycles. The Hall–Kier alpha value is -1.51. The Balaban J connectivity index is 2.56. The monoisotopic (exact) mass is 280 g/mol. The molecule has 4 heteroatoms. The maximum absolute atomic E-state index is 11.5. The minimum absolute atomic E-state index is 0.287. The van der Waals surface area contributed by atoms with Crippen LogP contribution in [0.1, 0.15) is 17.0 Å². The third kappa shape index (κ3) is 2.50. The number of carboxylic acid groups (broad SMARTS) is 1. The van der Waals surface area contributed by atoms with Gasteiger partial charge in [0, 0.05) is 0 Å². The Morgan fingerprint density at radius 2 is 1.67 bits per heavy atom. The van der Waals surface area contributed by atoms with E-state index in [4.69, 9.17) is 23.2 Å². The second kappa shape index (κ2) is 5.42. The lowest BCUT2D eigenvalue weighted by Gasteiger charge is -2.15. The van der Waals surface area contributed by atoms with E-state index in [0.29, 0.717) is 16.1 Å². The van der Waals surface area contributed by atoms with Crippen LogP contribution in [0.2, 0.25) is 10.0 Å². The summed E-state index contributed by atoms with van der Waals surface area (Å²) in [5, 5.41) is 10.0. The lowest BCUT2D eigenvalue weighted by Crippen LogP contribution is -2.13. The van der Waals surface area contributed by atoms with Gasteiger partial charge in [0.15, 0.2) is 0 Å². The Morgan fingerprint density at radius 3 is 2.28 bits per heavy atom. The van der Waals surface area contributed by atoms with Gasteiger partial charge in [0.1, 0.15) is 5.92 Å². The lowest BCUT2D eigenvalue weighted by molar-refractivity contribution is -0.137. The highest BCUT2D eigenvalue weighted by Crippen LogP contribution is 2.34. The van der Waals surface area contributed by atoms with Crippen LogP contribution in [-0.4, -0.2) is 11.1 Å². The number of carbonyl (C=O) groups is 1. The molecule has 2 aromatic carbocycles. The van der Waals surface area contributed by atoms with Crippen molar-refractivity contribution in [2.24, 2.45) is 0 Å². The van der Waals surface area contributed by atoms with E-state index in [2.05, 4.69) is 0 Å². The van der Waals surface area contributed by atoms with Crippen molar-refractivity contribution in [3.05, 3.63) is 69.7 Å². The van der Waals surface area contributed by atoms with Crippen LogP contribution in [0.5, 0.6) is 0 Å². The van der Waals surface area contributed by atoms with Gasteiger partial charge in [-0.25, -0.2) is 0 Å². The van der Waals surface area contributed by atoms with Crippen molar-refractivity contribution < 1.29 is 9.90 Å². The van der Waals surface area contributed by atoms with E-state index in [1.54, 1.807) is 42.5 Å². The standard InChI is InChI=1S/C14H10Cl2O2/c15-11-8-4-7-10(13(11)16)12(14(17)18)9-5-2-1-3-6-9/h1-8,12H,(H,17,18). The van der Waals surface area contributed by atoms with E-state index in [9.17, 15) is 9.90 Å². The highest BCUT2D eigenvalue weighted by Gasteiger charge is 2.24. The first-order chi connectivity index (χ1) is 8.61. The van der Waals surface area contributed by atoms with Crippen LogP contribution in [0.4, 0.5) is 0 Å². The molecule has 0 aromatic heterocycles. The molecule has 1 atom stereocenters. The van der Waals surface area contributed by atoms with Gasteiger partial charge in [-0.05, 0) is 17.2 Å². The lowest BCUT2D eigenvalue weighted by atomic mass is 9.91. The molecular formula is C14H10Cl2O2. The van der Waals surface area contributed by atoms with Gasteiger partial charge in [-0.15, -0.1) is 0 Å². The minimum Gasteiger partial charge on any atom is -0.481 e. The summed E-state index contributed by atoms with van der Waals surface area (Å²) >= 11 is 12.0. The number of aliphatic carboxylic acids is 1. The molecule has 0 spiro atoms. The van der Waals surface area contributed by atoms with Crippen molar-refractivity contribution in [1.29, 1.82) is 0 Å². The average Bonchev–Trinajstić information content (AvgIpc) is 2.36. The highest BCUT2D eigenvalue weighted by molar-refractivity contribution is 6.42. The largest absolute Gasteiger partial charge is 0.481 e. The molecule has 1 N–H and O–H groups in total. The first-order valence-corrected chi connectivity index (χ1v) is 6.08. The first-order valence-electron chi connectivity index (χ1n) is 5.33. The number of benzene rings is 2. The van der Waals surface area contributed by atoms with Gasteiger partial charge in [-0.1, -0.05) is 65.7 Å². The molecule has 0 aliphatic heterocycles. The van der Waals surface area contributed by atoms with Gasteiger partial charge >= 0.3 is 5.97 Å². The van der Waals surface area contributed by atoms with Crippen LogP contribution in [0, 0.1) is 0 Å². The van der Waals surface area contributed by atoms with Crippen molar-refractivity contribution in [1.82, 2.24) is 0 Å². The van der Waals surface area contributed by atoms with E-state index in [1.165, 1.54) is 0 Å². The van der Waals surface area contributed by atoms with Crippen LogP contribution in [0.25, 0.3) is 0 Å². The highest BCUT2D eigenvalue weighted by atomic mass is 35.5. The van der Waals surface area contributed by atoms with Crippen LogP contribution >= 0.6 is 23.2 Å². The molecule has 2 aromatic rings. The summed E-state index contributed by atoms with van der Waals surface area (Å²) in [6, 6.07) is 14.0. The maximum atomic E-state index is 11.5. The normalized spacial score (nSPS) is 12.1. The number of hydrogen-bond donors (Lipinski definition) is 1. The zero-order valence-electron chi connectivity index (χ0n) is 9.31. The molecule has 2 nitrogen and oxygen atoms in total. The summed E-state index contributed by atoms with van der Waals surface area (Å²) in [5.74, 6) is -1.76. The first kappa shape index (κ1) is 12.9. The number of rotatable bonds is 3. The van der Waals surface area contributed by atoms with Gasteiger partial charge in [0.05, 0.1) is 10.0 Å². The average molecular weight is 281 g/mol. The van der Waals surface area contributed by atoms with E-state index in [-0.39, 0.29) is 5.02 Å². The minimum atomic E-state index is -0.953. The van der Waals surface area contributed by atoms with Crippen LogP contribution in [0.15, 0.2) is 48.5 Å². The SMILES string of the molecule is O=C(O)C(c1ccccc1)c1cccc(Cl)c1Cl. The topological polar surface area (TPSA) is 37.3 Å².